The SMILES string of the molecule is Cc1cc(/C=N\NC(=O)c2ccc(O)c(Cl)c2)cc(C)c1OCC(=O)N1CCN(c2ccc(Cl)cc2)CC1. The van der Waals surface area contributed by atoms with Crippen LogP contribution in [-0.2, 0) is 4.79 Å². The summed E-state index contributed by atoms with van der Waals surface area (Å²) in [4.78, 5) is 29.1. The zero-order chi connectivity index (χ0) is 27.2. The first-order valence-electron chi connectivity index (χ1n) is 12.1. The van der Waals surface area contributed by atoms with Crippen molar-refractivity contribution < 1.29 is 19.4 Å². The fraction of sp³-hybridized carbons (Fsp3) is 0.250. The lowest BCUT2D eigenvalue weighted by molar-refractivity contribution is -0.133. The number of nitrogens with zero attached hydrogens (tertiary/aromatic N) is 3. The van der Waals surface area contributed by atoms with Crippen LogP contribution in [0.15, 0.2) is 59.7 Å². The summed E-state index contributed by atoms with van der Waals surface area (Å²) in [5.74, 6) is 0.0442. The molecule has 0 spiro atoms. The van der Waals surface area contributed by atoms with E-state index in [1.54, 1.807) is 0 Å². The summed E-state index contributed by atoms with van der Waals surface area (Å²) in [5, 5.41) is 14.3. The Morgan fingerprint density at radius 2 is 1.66 bits per heavy atom. The van der Waals surface area contributed by atoms with E-state index in [0.717, 1.165) is 35.5 Å². The summed E-state index contributed by atoms with van der Waals surface area (Å²) in [6.45, 7) is 6.49. The van der Waals surface area contributed by atoms with Gasteiger partial charge in [-0.1, -0.05) is 23.2 Å². The van der Waals surface area contributed by atoms with E-state index in [0.29, 0.717) is 23.9 Å². The molecule has 1 fully saturated rings. The third kappa shape index (κ3) is 6.76. The van der Waals surface area contributed by atoms with E-state index in [4.69, 9.17) is 27.9 Å². The number of hydrazone groups is 1. The summed E-state index contributed by atoms with van der Waals surface area (Å²) in [5.41, 5.74) is 6.27. The number of carbonyl (C=O) groups is 2. The quantitative estimate of drug-likeness (QED) is 0.323. The summed E-state index contributed by atoms with van der Waals surface area (Å²) in [7, 11) is 0. The highest BCUT2D eigenvalue weighted by molar-refractivity contribution is 6.32. The highest BCUT2D eigenvalue weighted by atomic mass is 35.5. The summed E-state index contributed by atoms with van der Waals surface area (Å²) < 4.78 is 5.92. The van der Waals surface area contributed by atoms with Gasteiger partial charge in [0.1, 0.15) is 11.5 Å². The summed E-state index contributed by atoms with van der Waals surface area (Å²) in [6.07, 6.45) is 1.52. The zero-order valence-electron chi connectivity index (χ0n) is 21.1. The van der Waals surface area contributed by atoms with Crippen molar-refractivity contribution in [2.75, 3.05) is 37.7 Å². The number of benzene rings is 3. The number of ether oxygens (including phenoxy) is 1. The van der Waals surface area contributed by atoms with Crippen LogP contribution in [0.4, 0.5) is 5.69 Å². The molecule has 1 aliphatic rings. The highest BCUT2D eigenvalue weighted by Crippen LogP contribution is 2.25. The molecule has 8 nitrogen and oxygen atoms in total. The molecule has 0 saturated carbocycles. The molecule has 1 heterocycles. The van der Waals surface area contributed by atoms with Gasteiger partial charge in [-0.05, 0) is 85.1 Å². The summed E-state index contributed by atoms with van der Waals surface area (Å²) in [6, 6.07) is 15.6. The van der Waals surface area contributed by atoms with E-state index in [1.807, 2.05) is 55.1 Å². The molecule has 2 amide bonds. The molecule has 1 aliphatic heterocycles. The van der Waals surface area contributed by atoms with Gasteiger partial charge in [0.05, 0.1) is 11.2 Å². The molecule has 0 unspecified atom stereocenters. The molecule has 4 rings (SSSR count). The predicted molar refractivity (Wildman–Crippen MR) is 150 cm³/mol. The summed E-state index contributed by atoms with van der Waals surface area (Å²) >= 11 is 11.8. The number of piperazine rings is 1. The Labute approximate surface area is 231 Å². The van der Waals surface area contributed by atoms with Crippen LogP contribution in [0.25, 0.3) is 0 Å². The number of phenolic OH excluding ortho intramolecular Hbond substituents is 1. The molecule has 1 saturated heterocycles. The molecule has 38 heavy (non-hydrogen) atoms. The first-order chi connectivity index (χ1) is 18.2. The van der Waals surface area contributed by atoms with E-state index in [1.165, 1.54) is 24.4 Å². The van der Waals surface area contributed by atoms with Crippen molar-refractivity contribution in [3.8, 4) is 11.5 Å². The molecule has 198 valence electrons. The van der Waals surface area contributed by atoms with Crippen LogP contribution < -0.4 is 15.1 Å². The molecular weight excluding hydrogens is 527 g/mol. The molecule has 3 aromatic rings. The number of hydrogen-bond acceptors (Lipinski definition) is 6. The average molecular weight is 555 g/mol. The van der Waals surface area contributed by atoms with Crippen LogP contribution in [0.2, 0.25) is 10.0 Å². The Morgan fingerprint density at radius 1 is 1.00 bits per heavy atom. The van der Waals surface area contributed by atoms with Crippen molar-refractivity contribution in [3.63, 3.8) is 0 Å². The lowest BCUT2D eigenvalue weighted by Crippen LogP contribution is -2.50. The number of rotatable bonds is 7. The smallest absolute Gasteiger partial charge is 0.271 e. The second-order valence-corrected chi connectivity index (χ2v) is 9.83. The van der Waals surface area contributed by atoms with Crippen LogP contribution in [0.5, 0.6) is 11.5 Å². The Morgan fingerprint density at radius 3 is 2.29 bits per heavy atom. The van der Waals surface area contributed by atoms with Crippen molar-refractivity contribution in [3.05, 3.63) is 86.9 Å². The van der Waals surface area contributed by atoms with Gasteiger partial charge in [-0.3, -0.25) is 9.59 Å². The number of nitrogens with one attached hydrogen (secondary N) is 1. The fourth-order valence-electron chi connectivity index (χ4n) is 4.26. The van der Waals surface area contributed by atoms with Crippen LogP contribution in [0.3, 0.4) is 0 Å². The van der Waals surface area contributed by atoms with Gasteiger partial charge in [0.2, 0.25) is 0 Å². The first kappa shape index (κ1) is 27.3. The van der Waals surface area contributed by atoms with E-state index in [-0.39, 0.29) is 28.8 Å². The van der Waals surface area contributed by atoms with Gasteiger partial charge in [0.25, 0.3) is 11.8 Å². The largest absolute Gasteiger partial charge is 0.506 e. The molecule has 0 aliphatic carbocycles. The van der Waals surface area contributed by atoms with Crippen molar-refractivity contribution >= 4 is 46.9 Å². The molecule has 0 bridgehead atoms. The molecule has 2 N–H and O–H groups in total. The van der Waals surface area contributed by atoms with E-state index in [9.17, 15) is 14.7 Å². The van der Waals surface area contributed by atoms with Crippen LogP contribution in [0.1, 0.15) is 27.0 Å². The Balaban J connectivity index is 1.29. The second kappa shape index (κ2) is 12.2. The van der Waals surface area contributed by atoms with Gasteiger partial charge in [0, 0.05) is 42.5 Å². The van der Waals surface area contributed by atoms with Crippen molar-refractivity contribution in [2.45, 2.75) is 13.8 Å². The molecule has 10 heteroatoms. The number of phenols is 1. The number of hydrogen-bond donors (Lipinski definition) is 2. The maximum absolute atomic E-state index is 12.8. The number of anilines is 1. The van der Waals surface area contributed by atoms with Crippen molar-refractivity contribution in [1.82, 2.24) is 10.3 Å². The van der Waals surface area contributed by atoms with Gasteiger partial charge in [-0.25, -0.2) is 5.43 Å². The minimum absolute atomic E-state index is 0.0404. The topological polar surface area (TPSA) is 94.5 Å². The lowest BCUT2D eigenvalue weighted by atomic mass is 10.1. The van der Waals surface area contributed by atoms with Gasteiger partial charge >= 0.3 is 0 Å². The number of aromatic hydroxyl groups is 1. The number of carbonyl (C=O) groups excluding carboxylic acids is 2. The Bertz CT molecular complexity index is 1330. The maximum atomic E-state index is 12.8. The Kier molecular flexibility index (Phi) is 8.76. The number of aryl methyl sites for hydroxylation is 2. The van der Waals surface area contributed by atoms with Crippen LogP contribution in [-0.4, -0.2) is 60.8 Å². The molecule has 0 radical (unpaired) electrons. The molecular formula is C28H28Cl2N4O4. The second-order valence-electron chi connectivity index (χ2n) is 8.98. The molecule has 0 atom stereocenters. The number of amides is 2. The minimum Gasteiger partial charge on any atom is -0.506 e. The average Bonchev–Trinajstić information content (AvgIpc) is 2.90. The minimum atomic E-state index is -0.455. The van der Waals surface area contributed by atoms with Crippen LogP contribution in [0, 0.1) is 13.8 Å². The Hall–Kier alpha value is -3.75. The molecule has 0 aromatic heterocycles. The lowest BCUT2D eigenvalue weighted by Gasteiger charge is -2.36. The van der Waals surface area contributed by atoms with Gasteiger partial charge in [-0.15, -0.1) is 0 Å². The van der Waals surface area contributed by atoms with Crippen LogP contribution >= 0.6 is 23.2 Å². The van der Waals surface area contributed by atoms with Crippen molar-refractivity contribution in [2.24, 2.45) is 5.10 Å². The van der Waals surface area contributed by atoms with Gasteiger partial charge < -0.3 is 19.6 Å². The maximum Gasteiger partial charge on any atom is 0.271 e. The van der Waals surface area contributed by atoms with Gasteiger partial charge in [0.15, 0.2) is 6.61 Å². The predicted octanol–water partition coefficient (Wildman–Crippen LogP) is 4.81. The third-order valence-electron chi connectivity index (χ3n) is 6.24. The van der Waals surface area contributed by atoms with Crippen molar-refractivity contribution in [1.29, 1.82) is 0 Å². The fourth-order valence-corrected chi connectivity index (χ4v) is 4.56. The zero-order valence-corrected chi connectivity index (χ0v) is 22.6. The first-order valence-corrected chi connectivity index (χ1v) is 12.8. The van der Waals surface area contributed by atoms with Gasteiger partial charge in [-0.2, -0.15) is 5.10 Å². The normalized spacial score (nSPS) is 13.6. The third-order valence-corrected chi connectivity index (χ3v) is 6.79. The standard InChI is InChI=1S/C28H28Cl2N4O4/c1-18-13-20(16-31-32-28(37)21-3-8-25(35)24(30)15-21)14-19(2)27(18)38-17-26(36)34-11-9-33(10-12-34)23-6-4-22(29)5-7-23/h3-8,13-16,35H,9-12,17H2,1-2H3,(H,32,37)/b31-16-. The highest BCUT2D eigenvalue weighted by Gasteiger charge is 2.22. The van der Waals surface area contributed by atoms with E-state index in [2.05, 4.69) is 15.4 Å². The van der Waals surface area contributed by atoms with E-state index < -0.39 is 5.91 Å². The molecule has 3 aromatic carbocycles. The number of halogens is 2. The monoisotopic (exact) mass is 554 g/mol. The van der Waals surface area contributed by atoms with E-state index >= 15 is 0 Å².